The molecule has 6 heteroatoms. The summed E-state index contributed by atoms with van der Waals surface area (Å²) >= 11 is 0. The molecule has 0 radical (unpaired) electrons. The normalized spacial score (nSPS) is 13.3. The lowest BCUT2D eigenvalue weighted by molar-refractivity contribution is -0.139. The molecule has 0 fully saturated rings. The van der Waals surface area contributed by atoms with Gasteiger partial charge in [0, 0.05) is 12.4 Å². The van der Waals surface area contributed by atoms with Crippen molar-refractivity contribution in [2.45, 2.75) is 18.7 Å². The van der Waals surface area contributed by atoms with Crippen molar-refractivity contribution in [3.8, 4) is 6.07 Å². The average molecular weight is 216 g/mol. The molecule has 80 valence electrons. The van der Waals surface area contributed by atoms with E-state index in [1.165, 1.54) is 0 Å². The summed E-state index contributed by atoms with van der Waals surface area (Å²) in [5, 5.41) is 17.6. The zero-order chi connectivity index (χ0) is 11.5. The molecule has 1 atom stereocenters. The Bertz CT molecular complexity index is 384. The maximum Gasteiger partial charge on any atom is 0.418 e. The van der Waals surface area contributed by atoms with Crippen molar-refractivity contribution in [2.24, 2.45) is 0 Å². The van der Waals surface area contributed by atoms with Crippen LogP contribution in [0.1, 0.15) is 23.7 Å². The molecule has 1 heterocycles. The van der Waals surface area contributed by atoms with Crippen LogP contribution in [-0.4, -0.2) is 10.1 Å². The molecule has 0 amide bonds. The number of alkyl halides is 3. The van der Waals surface area contributed by atoms with E-state index in [1.54, 1.807) is 6.07 Å². The Morgan fingerprint density at radius 2 is 2.20 bits per heavy atom. The predicted octanol–water partition coefficient (Wildman–Crippen LogP) is 2.05. The maximum absolute atomic E-state index is 12.4. The van der Waals surface area contributed by atoms with E-state index in [-0.39, 0.29) is 12.0 Å². The molecule has 0 aromatic carbocycles. The SMILES string of the molecule is N#CCC(O)c1ccncc1C(F)(F)F. The van der Waals surface area contributed by atoms with E-state index in [9.17, 15) is 18.3 Å². The first-order valence-corrected chi connectivity index (χ1v) is 4.03. The number of nitriles is 1. The van der Waals surface area contributed by atoms with Crippen LogP contribution in [0.15, 0.2) is 18.5 Å². The van der Waals surface area contributed by atoms with E-state index in [0.29, 0.717) is 6.20 Å². The second-order valence-electron chi connectivity index (χ2n) is 2.84. The fourth-order valence-electron chi connectivity index (χ4n) is 1.13. The number of hydrogen-bond donors (Lipinski definition) is 1. The summed E-state index contributed by atoms with van der Waals surface area (Å²) in [5.41, 5.74) is -1.33. The van der Waals surface area contributed by atoms with Gasteiger partial charge in [-0.2, -0.15) is 18.4 Å². The Balaban J connectivity index is 3.13. The van der Waals surface area contributed by atoms with Gasteiger partial charge < -0.3 is 5.11 Å². The third-order valence-corrected chi connectivity index (χ3v) is 1.80. The summed E-state index contributed by atoms with van der Waals surface area (Å²) in [7, 11) is 0. The van der Waals surface area contributed by atoms with E-state index in [1.807, 2.05) is 0 Å². The Kier molecular flexibility index (Phi) is 3.27. The number of aliphatic hydroxyl groups is 1. The highest BCUT2D eigenvalue weighted by Crippen LogP contribution is 2.34. The molecule has 1 aromatic rings. The van der Waals surface area contributed by atoms with E-state index in [2.05, 4.69) is 4.98 Å². The Hall–Kier alpha value is -1.61. The second-order valence-corrected chi connectivity index (χ2v) is 2.84. The minimum absolute atomic E-state index is 0.320. The van der Waals surface area contributed by atoms with E-state index in [4.69, 9.17) is 5.26 Å². The lowest BCUT2D eigenvalue weighted by Gasteiger charge is -2.14. The monoisotopic (exact) mass is 216 g/mol. The molecule has 0 saturated carbocycles. The average Bonchev–Trinajstić information content (AvgIpc) is 2.17. The maximum atomic E-state index is 12.4. The van der Waals surface area contributed by atoms with Crippen LogP contribution in [0.4, 0.5) is 13.2 Å². The summed E-state index contributed by atoms with van der Waals surface area (Å²) in [6.07, 6.45) is -4.61. The zero-order valence-corrected chi connectivity index (χ0v) is 7.49. The van der Waals surface area contributed by atoms with Gasteiger partial charge in [0.15, 0.2) is 0 Å². The first kappa shape index (κ1) is 11.5. The van der Waals surface area contributed by atoms with Gasteiger partial charge in [-0.1, -0.05) is 0 Å². The number of halogens is 3. The van der Waals surface area contributed by atoms with Crippen LogP contribution in [0.2, 0.25) is 0 Å². The third-order valence-electron chi connectivity index (χ3n) is 1.80. The van der Waals surface area contributed by atoms with Gasteiger partial charge in [0.2, 0.25) is 0 Å². The Labute approximate surface area is 83.8 Å². The van der Waals surface area contributed by atoms with Crippen molar-refractivity contribution >= 4 is 0 Å². The van der Waals surface area contributed by atoms with Crippen LogP contribution < -0.4 is 0 Å². The molecular formula is C9H7F3N2O. The summed E-state index contributed by atoms with van der Waals surface area (Å²) in [6, 6.07) is 2.67. The lowest BCUT2D eigenvalue weighted by Crippen LogP contribution is -2.12. The summed E-state index contributed by atoms with van der Waals surface area (Å²) in [5.74, 6) is 0. The first-order valence-electron chi connectivity index (χ1n) is 4.03. The van der Waals surface area contributed by atoms with Crippen molar-refractivity contribution in [3.05, 3.63) is 29.6 Å². The lowest BCUT2D eigenvalue weighted by atomic mass is 10.0. The highest BCUT2D eigenvalue weighted by molar-refractivity contribution is 5.28. The predicted molar refractivity (Wildman–Crippen MR) is 44.4 cm³/mol. The highest BCUT2D eigenvalue weighted by atomic mass is 19.4. The van der Waals surface area contributed by atoms with Gasteiger partial charge in [0.1, 0.15) is 0 Å². The minimum atomic E-state index is -4.57. The van der Waals surface area contributed by atoms with Gasteiger partial charge in [0.25, 0.3) is 0 Å². The van der Waals surface area contributed by atoms with Crippen LogP contribution in [-0.2, 0) is 6.18 Å². The van der Waals surface area contributed by atoms with Gasteiger partial charge in [-0.05, 0) is 11.6 Å². The molecule has 1 aromatic heterocycles. The van der Waals surface area contributed by atoms with Gasteiger partial charge in [-0.3, -0.25) is 4.98 Å². The van der Waals surface area contributed by atoms with Gasteiger partial charge >= 0.3 is 6.18 Å². The fraction of sp³-hybridized carbons (Fsp3) is 0.333. The zero-order valence-electron chi connectivity index (χ0n) is 7.49. The largest absolute Gasteiger partial charge is 0.418 e. The van der Waals surface area contributed by atoms with Gasteiger partial charge in [-0.15, -0.1) is 0 Å². The topological polar surface area (TPSA) is 56.9 Å². The van der Waals surface area contributed by atoms with Crippen LogP contribution in [0.3, 0.4) is 0 Å². The van der Waals surface area contributed by atoms with Crippen LogP contribution in [0.25, 0.3) is 0 Å². The molecule has 15 heavy (non-hydrogen) atoms. The molecule has 0 aliphatic carbocycles. The Morgan fingerprint density at radius 1 is 1.53 bits per heavy atom. The molecule has 3 nitrogen and oxygen atoms in total. The third kappa shape index (κ3) is 2.67. The molecule has 0 aliphatic heterocycles. The van der Waals surface area contributed by atoms with Crippen LogP contribution >= 0.6 is 0 Å². The fourth-order valence-corrected chi connectivity index (χ4v) is 1.13. The van der Waals surface area contributed by atoms with E-state index in [0.717, 1.165) is 12.3 Å². The van der Waals surface area contributed by atoms with Crippen molar-refractivity contribution < 1.29 is 18.3 Å². The molecule has 1 unspecified atom stereocenters. The summed E-state index contributed by atoms with van der Waals surface area (Å²) in [6.45, 7) is 0. The number of aliphatic hydroxyl groups excluding tert-OH is 1. The Morgan fingerprint density at radius 3 is 2.73 bits per heavy atom. The van der Waals surface area contributed by atoms with Crippen molar-refractivity contribution in [1.29, 1.82) is 5.26 Å². The van der Waals surface area contributed by atoms with Crippen molar-refractivity contribution in [3.63, 3.8) is 0 Å². The highest BCUT2D eigenvalue weighted by Gasteiger charge is 2.35. The van der Waals surface area contributed by atoms with E-state index >= 15 is 0 Å². The van der Waals surface area contributed by atoms with Crippen LogP contribution in [0.5, 0.6) is 0 Å². The molecule has 1 rings (SSSR count). The number of aromatic nitrogens is 1. The summed E-state index contributed by atoms with van der Waals surface area (Å²) in [4.78, 5) is 3.34. The molecule has 0 saturated heterocycles. The number of pyridine rings is 1. The van der Waals surface area contributed by atoms with E-state index < -0.39 is 17.8 Å². The van der Waals surface area contributed by atoms with Gasteiger partial charge in [-0.25, -0.2) is 0 Å². The van der Waals surface area contributed by atoms with Crippen molar-refractivity contribution in [2.75, 3.05) is 0 Å². The van der Waals surface area contributed by atoms with Gasteiger partial charge in [0.05, 0.1) is 24.2 Å². The molecule has 0 bridgehead atoms. The van der Waals surface area contributed by atoms with Crippen molar-refractivity contribution in [1.82, 2.24) is 4.98 Å². The standard InChI is InChI=1S/C9H7F3N2O/c10-9(11,12)7-5-14-4-2-6(7)8(15)1-3-13/h2,4-5,8,15H,1H2. The first-order chi connectivity index (χ1) is 6.96. The molecule has 0 aliphatic rings. The smallest absolute Gasteiger partial charge is 0.387 e. The number of hydrogen-bond acceptors (Lipinski definition) is 3. The van der Waals surface area contributed by atoms with Crippen LogP contribution in [0, 0.1) is 11.3 Å². The molecule has 1 N–H and O–H groups in total. The quantitative estimate of drug-likeness (QED) is 0.822. The molecule has 0 spiro atoms. The number of rotatable bonds is 2. The summed E-state index contributed by atoms with van der Waals surface area (Å²) < 4.78 is 37.2. The minimum Gasteiger partial charge on any atom is -0.387 e. The molecular weight excluding hydrogens is 209 g/mol. The number of nitrogens with zero attached hydrogens (tertiary/aromatic N) is 2. The second kappa shape index (κ2) is 4.28.